The fourth-order valence-electron chi connectivity index (χ4n) is 2.32. The third-order valence-corrected chi connectivity index (χ3v) is 3.78. The molecule has 2 aromatic rings. The maximum atomic E-state index is 6.22. The van der Waals surface area contributed by atoms with Crippen molar-refractivity contribution in [3.05, 3.63) is 30.1 Å². The number of methoxy groups -OCH3 is 1. The number of aromatic nitrogens is 2. The Bertz CT molecular complexity index is 614. The van der Waals surface area contributed by atoms with E-state index in [1.165, 1.54) is 0 Å². The third kappa shape index (κ3) is 3.24. The molecule has 1 saturated carbocycles. The van der Waals surface area contributed by atoms with E-state index in [0.29, 0.717) is 30.7 Å². The zero-order valence-electron chi connectivity index (χ0n) is 12.4. The Morgan fingerprint density at radius 2 is 2.05 bits per heavy atom. The number of hydrogen-bond acceptors (Lipinski definition) is 6. The highest BCUT2D eigenvalue weighted by Gasteiger charge is 2.39. The number of nitrogens with zero attached hydrogens (tertiary/aromatic N) is 2. The predicted octanol–water partition coefficient (Wildman–Crippen LogP) is 2.52. The summed E-state index contributed by atoms with van der Waals surface area (Å²) >= 11 is 0. The number of benzene rings is 1. The number of para-hydroxylation sites is 1. The second kappa shape index (κ2) is 7.09. The molecule has 0 bridgehead atoms. The standard InChI is InChI=1S/C15H19N3O3.ClH/c1-19-9-10-20-12-6-3-2-5-11(12)13-17-14(18-21-13)15(16)7-4-8-15;/h2-3,5-6H,4,7-10,16H2,1H3;1H. The molecule has 1 heterocycles. The molecule has 7 heteroatoms. The van der Waals surface area contributed by atoms with E-state index in [1.54, 1.807) is 7.11 Å². The molecule has 0 aliphatic heterocycles. The van der Waals surface area contributed by atoms with Crippen molar-refractivity contribution in [2.75, 3.05) is 20.3 Å². The van der Waals surface area contributed by atoms with E-state index < -0.39 is 5.54 Å². The monoisotopic (exact) mass is 325 g/mol. The van der Waals surface area contributed by atoms with Gasteiger partial charge < -0.3 is 19.7 Å². The van der Waals surface area contributed by atoms with Crippen LogP contribution < -0.4 is 10.5 Å². The van der Waals surface area contributed by atoms with Crippen LogP contribution in [0.4, 0.5) is 0 Å². The first-order chi connectivity index (χ1) is 10.2. The van der Waals surface area contributed by atoms with Crippen LogP contribution in [0.3, 0.4) is 0 Å². The van der Waals surface area contributed by atoms with Crippen molar-refractivity contribution in [3.63, 3.8) is 0 Å². The lowest BCUT2D eigenvalue weighted by atomic mass is 9.77. The first-order valence-electron chi connectivity index (χ1n) is 7.07. The summed E-state index contributed by atoms with van der Waals surface area (Å²) in [5.41, 5.74) is 6.57. The minimum atomic E-state index is -0.423. The van der Waals surface area contributed by atoms with Gasteiger partial charge in [-0.2, -0.15) is 4.98 Å². The largest absolute Gasteiger partial charge is 0.490 e. The highest BCUT2D eigenvalue weighted by molar-refractivity contribution is 5.85. The van der Waals surface area contributed by atoms with Crippen molar-refractivity contribution in [2.24, 2.45) is 5.73 Å². The average molecular weight is 326 g/mol. The molecule has 0 atom stereocenters. The van der Waals surface area contributed by atoms with Gasteiger partial charge in [0.2, 0.25) is 0 Å². The highest BCUT2D eigenvalue weighted by atomic mass is 35.5. The van der Waals surface area contributed by atoms with E-state index in [4.69, 9.17) is 19.7 Å². The smallest absolute Gasteiger partial charge is 0.261 e. The number of halogens is 1. The Morgan fingerprint density at radius 1 is 1.27 bits per heavy atom. The van der Waals surface area contributed by atoms with Crippen LogP contribution in [0.5, 0.6) is 5.75 Å². The maximum Gasteiger partial charge on any atom is 0.261 e. The van der Waals surface area contributed by atoms with Gasteiger partial charge in [-0.3, -0.25) is 0 Å². The molecule has 1 fully saturated rings. The van der Waals surface area contributed by atoms with Gasteiger partial charge in [0, 0.05) is 7.11 Å². The van der Waals surface area contributed by atoms with Crippen molar-refractivity contribution in [1.82, 2.24) is 10.1 Å². The molecule has 0 radical (unpaired) electrons. The molecule has 1 aromatic heterocycles. The van der Waals surface area contributed by atoms with Gasteiger partial charge in [0.15, 0.2) is 5.82 Å². The molecule has 0 spiro atoms. The molecule has 2 N–H and O–H groups in total. The Balaban J connectivity index is 0.00000176. The molecule has 0 saturated heterocycles. The fraction of sp³-hybridized carbons (Fsp3) is 0.467. The summed E-state index contributed by atoms with van der Waals surface area (Å²) in [6.45, 7) is 0.991. The Kier molecular flexibility index (Phi) is 5.39. The molecule has 6 nitrogen and oxygen atoms in total. The van der Waals surface area contributed by atoms with E-state index in [2.05, 4.69) is 10.1 Å². The van der Waals surface area contributed by atoms with E-state index in [1.807, 2.05) is 24.3 Å². The SMILES string of the molecule is COCCOc1ccccc1-c1nc(C2(N)CCC2)no1.Cl. The lowest BCUT2D eigenvalue weighted by Gasteiger charge is -2.34. The summed E-state index contributed by atoms with van der Waals surface area (Å²) in [6.07, 6.45) is 2.91. The van der Waals surface area contributed by atoms with Crippen molar-refractivity contribution in [3.8, 4) is 17.2 Å². The van der Waals surface area contributed by atoms with Crippen LogP contribution in [0.25, 0.3) is 11.5 Å². The minimum absolute atomic E-state index is 0. The van der Waals surface area contributed by atoms with Gasteiger partial charge in [-0.15, -0.1) is 12.4 Å². The van der Waals surface area contributed by atoms with Crippen LogP contribution >= 0.6 is 12.4 Å². The van der Waals surface area contributed by atoms with Gasteiger partial charge >= 0.3 is 0 Å². The van der Waals surface area contributed by atoms with Crippen LogP contribution in [0.15, 0.2) is 28.8 Å². The van der Waals surface area contributed by atoms with E-state index in [0.717, 1.165) is 24.8 Å². The number of ether oxygens (including phenoxy) is 2. The lowest BCUT2D eigenvalue weighted by Crippen LogP contribution is -2.44. The van der Waals surface area contributed by atoms with Gasteiger partial charge in [-0.1, -0.05) is 17.3 Å². The van der Waals surface area contributed by atoms with Crippen LogP contribution in [0.1, 0.15) is 25.1 Å². The third-order valence-electron chi connectivity index (χ3n) is 3.78. The minimum Gasteiger partial charge on any atom is -0.490 e. The molecular formula is C15H20ClN3O3. The average Bonchev–Trinajstić information content (AvgIpc) is 2.95. The van der Waals surface area contributed by atoms with Crippen LogP contribution in [-0.2, 0) is 10.3 Å². The second-order valence-electron chi connectivity index (χ2n) is 5.27. The quantitative estimate of drug-likeness (QED) is 0.822. The van der Waals surface area contributed by atoms with Crippen molar-refractivity contribution < 1.29 is 14.0 Å². The molecule has 120 valence electrons. The van der Waals surface area contributed by atoms with E-state index in [-0.39, 0.29) is 12.4 Å². The molecule has 22 heavy (non-hydrogen) atoms. The van der Waals surface area contributed by atoms with Gasteiger partial charge in [-0.05, 0) is 31.4 Å². The van der Waals surface area contributed by atoms with Crippen molar-refractivity contribution in [2.45, 2.75) is 24.8 Å². The second-order valence-corrected chi connectivity index (χ2v) is 5.27. The van der Waals surface area contributed by atoms with Crippen LogP contribution in [0, 0.1) is 0 Å². The fourth-order valence-corrected chi connectivity index (χ4v) is 2.32. The summed E-state index contributed by atoms with van der Waals surface area (Å²) in [5.74, 6) is 1.72. The number of nitrogens with two attached hydrogens (primary N) is 1. The topological polar surface area (TPSA) is 83.4 Å². The van der Waals surface area contributed by atoms with Crippen LogP contribution in [-0.4, -0.2) is 30.5 Å². The zero-order valence-corrected chi connectivity index (χ0v) is 13.3. The Hall–Kier alpha value is -1.63. The highest BCUT2D eigenvalue weighted by Crippen LogP contribution is 2.38. The normalized spacial score (nSPS) is 15.7. The molecule has 1 aromatic carbocycles. The first kappa shape index (κ1) is 16.7. The van der Waals surface area contributed by atoms with Crippen molar-refractivity contribution in [1.29, 1.82) is 0 Å². The Labute approximate surface area is 135 Å². The van der Waals surface area contributed by atoms with Crippen LogP contribution in [0.2, 0.25) is 0 Å². The first-order valence-corrected chi connectivity index (χ1v) is 7.07. The van der Waals surface area contributed by atoms with Gasteiger partial charge in [0.05, 0.1) is 17.7 Å². The maximum absolute atomic E-state index is 6.22. The molecule has 0 amide bonds. The number of rotatable bonds is 6. The molecule has 3 rings (SSSR count). The van der Waals surface area contributed by atoms with Gasteiger partial charge in [0.1, 0.15) is 12.4 Å². The van der Waals surface area contributed by atoms with E-state index >= 15 is 0 Å². The summed E-state index contributed by atoms with van der Waals surface area (Å²) < 4.78 is 16.0. The number of hydrogen-bond donors (Lipinski definition) is 1. The summed E-state index contributed by atoms with van der Waals surface area (Å²) in [4.78, 5) is 4.45. The lowest BCUT2D eigenvalue weighted by molar-refractivity contribution is 0.146. The molecule has 0 unspecified atom stereocenters. The molecule has 1 aliphatic rings. The predicted molar refractivity (Wildman–Crippen MR) is 84.1 cm³/mol. The summed E-state index contributed by atoms with van der Waals surface area (Å²) in [5, 5.41) is 4.03. The van der Waals surface area contributed by atoms with Gasteiger partial charge in [-0.25, -0.2) is 0 Å². The molecular weight excluding hydrogens is 306 g/mol. The summed E-state index contributed by atoms with van der Waals surface area (Å²) in [6, 6.07) is 7.57. The zero-order chi connectivity index (χ0) is 14.7. The summed E-state index contributed by atoms with van der Waals surface area (Å²) in [7, 11) is 1.64. The van der Waals surface area contributed by atoms with E-state index in [9.17, 15) is 0 Å². The molecule has 1 aliphatic carbocycles. The van der Waals surface area contributed by atoms with Crippen molar-refractivity contribution >= 4 is 12.4 Å². The Morgan fingerprint density at radius 3 is 2.73 bits per heavy atom. The van der Waals surface area contributed by atoms with Gasteiger partial charge in [0.25, 0.3) is 5.89 Å².